The molecule has 2 aliphatic rings. The zero-order valence-corrected chi connectivity index (χ0v) is 14.8. The Morgan fingerprint density at radius 1 is 1.26 bits per heavy atom. The fourth-order valence-electron chi connectivity index (χ4n) is 3.30. The van der Waals surface area contributed by atoms with E-state index in [1.165, 1.54) is 6.20 Å². The Balaban J connectivity index is 1.59. The Bertz CT molecular complexity index is 999. The third kappa shape index (κ3) is 2.88. The van der Waals surface area contributed by atoms with Gasteiger partial charge in [0.25, 0.3) is 0 Å². The second-order valence-electron chi connectivity index (χ2n) is 6.86. The Morgan fingerprint density at radius 3 is 2.89 bits per heavy atom. The van der Waals surface area contributed by atoms with E-state index in [1.54, 1.807) is 17.2 Å². The molecule has 1 fully saturated rings. The van der Waals surface area contributed by atoms with Gasteiger partial charge in [-0.3, -0.25) is 5.32 Å². The van der Waals surface area contributed by atoms with Crippen molar-refractivity contribution in [2.75, 3.05) is 10.2 Å². The molecule has 3 heterocycles. The number of fused-ring (bicyclic) bond motifs is 1. The van der Waals surface area contributed by atoms with Crippen LogP contribution < -0.4 is 10.2 Å². The highest BCUT2D eigenvalue weighted by atomic mass is 16.5. The molecule has 8 nitrogen and oxygen atoms in total. The number of benzene rings is 1. The number of urea groups is 1. The van der Waals surface area contributed by atoms with Crippen molar-refractivity contribution in [2.45, 2.75) is 32.4 Å². The standard InChI is InChI=1S/C19H18N6O2/c1-12-3-2-4-15(9-12)25-17-13(11-24(19(25)26)14-5-6-14)10-20-18(23-17)22-16-7-8-21-27-16/h2-4,7-10,14H,5-6,11H2,1H3,(H,20,22,23). The maximum atomic E-state index is 13.3. The molecule has 0 bridgehead atoms. The lowest BCUT2D eigenvalue weighted by atomic mass is 10.1. The van der Waals surface area contributed by atoms with Crippen LogP contribution >= 0.6 is 0 Å². The first-order valence-electron chi connectivity index (χ1n) is 8.90. The van der Waals surface area contributed by atoms with Crippen molar-refractivity contribution in [3.8, 4) is 0 Å². The highest BCUT2D eigenvalue weighted by Crippen LogP contribution is 2.39. The number of aromatic nitrogens is 3. The number of nitrogens with one attached hydrogen (secondary N) is 1. The number of anilines is 4. The van der Waals surface area contributed by atoms with Crippen LogP contribution in [0.5, 0.6) is 0 Å². The molecule has 136 valence electrons. The maximum absolute atomic E-state index is 13.3. The molecule has 2 amide bonds. The van der Waals surface area contributed by atoms with Gasteiger partial charge < -0.3 is 9.42 Å². The zero-order chi connectivity index (χ0) is 18.4. The first-order chi connectivity index (χ1) is 13.2. The number of hydrogen-bond acceptors (Lipinski definition) is 6. The van der Waals surface area contributed by atoms with Crippen molar-refractivity contribution in [1.82, 2.24) is 20.0 Å². The molecule has 1 aliphatic carbocycles. The quantitative estimate of drug-likeness (QED) is 0.760. The second-order valence-corrected chi connectivity index (χ2v) is 6.86. The molecular weight excluding hydrogens is 344 g/mol. The van der Waals surface area contributed by atoms with Gasteiger partial charge in [0, 0.05) is 23.9 Å². The van der Waals surface area contributed by atoms with Crippen LogP contribution in [0.15, 0.2) is 47.2 Å². The van der Waals surface area contributed by atoms with E-state index in [-0.39, 0.29) is 6.03 Å². The van der Waals surface area contributed by atoms with Crippen LogP contribution in [0.1, 0.15) is 24.0 Å². The molecule has 0 saturated heterocycles. The number of carbonyl (C=O) groups excluding carboxylic acids is 1. The van der Waals surface area contributed by atoms with E-state index in [1.807, 2.05) is 36.1 Å². The first-order valence-corrected chi connectivity index (χ1v) is 8.90. The van der Waals surface area contributed by atoms with Crippen molar-refractivity contribution < 1.29 is 9.32 Å². The van der Waals surface area contributed by atoms with Crippen LogP contribution in [0.4, 0.5) is 28.1 Å². The van der Waals surface area contributed by atoms with Crippen LogP contribution in [-0.2, 0) is 6.54 Å². The summed E-state index contributed by atoms with van der Waals surface area (Å²) in [7, 11) is 0. The Kier molecular flexibility index (Phi) is 3.56. The number of hydrogen-bond donors (Lipinski definition) is 1. The molecule has 0 spiro atoms. The van der Waals surface area contributed by atoms with Gasteiger partial charge in [-0.15, -0.1) is 0 Å². The highest BCUT2D eigenvalue weighted by Gasteiger charge is 2.41. The maximum Gasteiger partial charge on any atom is 0.330 e. The molecule has 1 N–H and O–H groups in total. The number of aryl methyl sites for hydroxylation is 1. The smallest absolute Gasteiger partial charge is 0.330 e. The lowest BCUT2D eigenvalue weighted by Gasteiger charge is -2.36. The van der Waals surface area contributed by atoms with Crippen molar-refractivity contribution >= 4 is 29.4 Å². The van der Waals surface area contributed by atoms with E-state index < -0.39 is 0 Å². The van der Waals surface area contributed by atoms with Crippen LogP contribution in [0.2, 0.25) is 0 Å². The van der Waals surface area contributed by atoms with E-state index in [9.17, 15) is 4.79 Å². The molecule has 5 rings (SSSR count). The van der Waals surface area contributed by atoms with Crippen LogP contribution in [-0.4, -0.2) is 32.1 Å². The third-order valence-corrected chi connectivity index (χ3v) is 4.75. The van der Waals surface area contributed by atoms with Gasteiger partial charge in [0.05, 0.1) is 18.4 Å². The van der Waals surface area contributed by atoms with Gasteiger partial charge in [-0.2, -0.15) is 4.98 Å². The average Bonchev–Trinajstić information content (AvgIpc) is 3.38. The predicted molar refractivity (Wildman–Crippen MR) is 99.1 cm³/mol. The van der Waals surface area contributed by atoms with Crippen molar-refractivity contribution in [3.63, 3.8) is 0 Å². The molecule has 1 aromatic carbocycles. The molecule has 0 unspecified atom stereocenters. The summed E-state index contributed by atoms with van der Waals surface area (Å²) in [4.78, 5) is 25.8. The molecule has 1 saturated carbocycles. The minimum Gasteiger partial charge on any atom is -0.338 e. The number of rotatable bonds is 4. The van der Waals surface area contributed by atoms with Crippen LogP contribution in [0, 0.1) is 6.92 Å². The van der Waals surface area contributed by atoms with Crippen LogP contribution in [0.3, 0.4) is 0 Å². The third-order valence-electron chi connectivity index (χ3n) is 4.75. The molecular formula is C19H18N6O2. The van der Waals surface area contributed by atoms with Gasteiger partial charge in [0.15, 0.2) is 5.82 Å². The van der Waals surface area contributed by atoms with E-state index in [4.69, 9.17) is 4.52 Å². The normalized spacial score (nSPS) is 16.4. The summed E-state index contributed by atoms with van der Waals surface area (Å²) >= 11 is 0. The highest BCUT2D eigenvalue weighted by molar-refractivity contribution is 6.01. The Labute approximate surface area is 155 Å². The molecule has 27 heavy (non-hydrogen) atoms. The molecule has 8 heteroatoms. The van der Waals surface area contributed by atoms with Crippen LogP contribution in [0.25, 0.3) is 0 Å². The largest absolute Gasteiger partial charge is 0.338 e. The van der Waals surface area contributed by atoms with Gasteiger partial charge in [0.1, 0.15) is 0 Å². The molecule has 0 radical (unpaired) electrons. The van der Waals surface area contributed by atoms with Crippen molar-refractivity contribution in [3.05, 3.63) is 53.9 Å². The molecule has 3 aromatic rings. The zero-order valence-electron chi connectivity index (χ0n) is 14.8. The summed E-state index contributed by atoms with van der Waals surface area (Å²) < 4.78 is 5.06. The van der Waals surface area contributed by atoms with Gasteiger partial charge in [-0.05, 0) is 37.5 Å². The first kappa shape index (κ1) is 15.8. The summed E-state index contributed by atoms with van der Waals surface area (Å²) in [5.74, 6) is 1.40. The lowest BCUT2D eigenvalue weighted by Crippen LogP contribution is -2.46. The number of amides is 2. The fourth-order valence-corrected chi connectivity index (χ4v) is 3.30. The van der Waals surface area contributed by atoms with Gasteiger partial charge in [-0.25, -0.2) is 14.7 Å². The van der Waals surface area contributed by atoms with E-state index in [2.05, 4.69) is 20.4 Å². The number of nitrogens with zero attached hydrogens (tertiary/aromatic N) is 5. The SMILES string of the molecule is Cc1cccc(N2C(=O)N(C3CC3)Cc3cnc(Nc4ccno4)nc32)c1. The monoisotopic (exact) mass is 362 g/mol. The summed E-state index contributed by atoms with van der Waals surface area (Å²) in [5.41, 5.74) is 2.81. The number of carbonyl (C=O) groups is 1. The minimum atomic E-state index is -0.0417. The van der Waals surface area contributed by atoms with E-state index in [0.717, 1.165) is 29.7 Å². The molecule has 2 aromatic heterocycles. The van der Waals surface area contributed by atoms with E-state index >= 15 is 0 Å². The minimum absolute atomic E-state index is 0.0417. The lowest BCUT2D eigenvalue weighted by molar-refractivity contribution is 0.198. The second kappa shape index (κ2) is 6.08. The fraction of sp³-hybridized carbons (Fsp3) is 0.263. The predicted octanol–water partition coefficient (Wildman–Crippen LogP) is 3.75. The molecule has 0 atom stereocenters. The average molecular weight is 362 g/mol. The summed E-state index contributed by atoms with van der Waals surface area (Å²) in [6.45, 7) is 2.54. The summed E-state index contributed by atoms with van der Waals surface area (Å²) in [6.07, 6.45) is 5.41. The molecule has 1 aliphatic heterocycles. The van der Waals surface area contributed by atoms with Gasteiger partial charge in [0.2, 0.25) is 11.8 Å². The van der Waals surface area contributed by atoms with Gasteiger partial charge in [-0.1, -0.05) is 17.3 Å². The van der Waals surface area contributed by atoms with Crippen molar-refractivity contribution in [2.24, 2.45) is 0 Å². The summed E-state index contributed by atoms with van der Waals surface area (Å²) in [6, 6.07) is 9.82. The van der Waals surface area contributed by atoms with E-state index in [0.29, 0.717) is 30.2 Å². The topological polar surface area (TPSA) is 87.4 Å². The summed E-state index contributed by atoms with van der Waals surface area (Å²) in [5, 5.41) is 6.64. The Morgan fingerprint density at radius 2 is 2.15 bits per heavy atom. The van der Waals surface area contributed by atoms with Crippen molar-refractivity contribution in [1.29, 1.82) is 0 Å². The Hall–Kier alpha value is -3.42. The van der Waals surface area contributed by atoms with Gasteiger partial charge >= 0.3 is 6.03 Å².